The number of para-hydroxylation sites is 2. The van der Waals surface area contributed by atoms with Gasteiger partial charge in [-0.15, -0.1) is 0 Å². The van der Waals surface area contributed by atoms with Crippen LogP contribution in [0.5, 0.6) is 5.75 Å². The van der Waals surface area contributed by atoms with Gasteiger partial charge in [-0.3, -0.25) is 4.79 Å². The van der Waals surface area contributed by atoms with Crippen LogP contribution in [0.3, 0.4) is 0 Å². The molecule has 3 rings (SSSR count). The highest BCUT2D eigenvalue weighted by atomic mass is 16.5. The van der Waals surface area contributed by atoms with E-state index in [4.69, 9.17) is 10.5 Å². The highest BCUT2D eigenvalue weighted by molar-refractivity contribution is 5.99. The van der Waals surface area contributed by atoms with Crippen molar-refractivity contribution in [1.29, 1.82) is 0 Å². The fraction of sp³-hybridized carbons (Fsp3) is 0.588. The van der Waals surface area contributed by atoms with Crippen molar-refractivity contribution >= 4 is 11.6 Å². The molecule has 2 aliphatic rings. The summed E-state index contributed by atoms with van der Waals surface area (Å²) >= 11 is 0. The van der Waals surface area contributed by atoms with Crippen molar-refractivity contribution in [2.45, 2.75) is 32.6 Å². The summed E-state index contributed by atoms with van der Waals surface area (Å²) in [6.45, 7) is 3.87. The van der Waals surface area contributed by atoms with Gasteiger partial charge in [0.2, 0.25) is 5.91 Å². The van der Waals surface area contributed by atoms with Crippen molar-refractivity contribution in [1.82, 2.24) is 0 Å². The molecule has 1 aromatic rings. The Hall–Kier alpha value is -1.55. The first-order valence-electron chi connectivity index (χ1n) is 7.90. The predicted octanol–water partition coefficient (Wildman–Crippen LogP) is 2.57. The van der Waals surface area contributed by atoms with E-state index in [0.717, 1.165) is 37.1 Å². The number of hydrogen-bond acceptors (Lipinski definition) is 3. The third-order valence-electron chi connectivity index (χ3n) is 5.05. The Labute approximate surface area is 126 Å². The summed E-state index contributed by atoms with van der Waals surface area (Å²) in [4.78, 5) is 15.1. The zero-order valence-corrected chi connectivity index (χ0v) is 12.7. The summed E-state index contributed by atoms with van der Waals surface area (Å²) in [5.74, 6) is 1.69. The Balaban J connectivity index is 1.88. The van der Waals surface area contributed by atoms with E-state index < -0.39 is 0 Å². The summed E-state index contributed by atoms with van der Waals surface area (Å²) in [5, 5.41) is 0. The molecule has 114 valence electrons. The number of hydrogen-bond donors (Lipinski definition) is 1. The molecule has 2 N–H and O–H groups in total. The molecule has 0 bridgehead atoms. The van der Waals surface area contributed by atoms with E-state index in [1.807, 2.05) is 29.2 Å². The second kappa shape index (κ2) is 5.68. The van der Waals surface area contributed by atoms with E-state index in [9.17, 15) is 4.79 Å². The molecule has 0 saturated heterocycles. The lowest BCUT2D eigenvalue weighted by molar-refractivity contribution is -0.130. The van der Waals surface area contributed by atoms with Gasteiger partial charge in [-0.2, -0.15) is 0 Å². The van der Waals surface area contributed by atoms with Crippen molar-refractivity contribution < 1.29 is 9.53 Å². The van der Waals surface area contributed by atoms with Crippen LogP contribution in [0, 0.1) is 11.3 Å². The Kier molecular flexibility index (Phi) is 3.89. The molecule has 0 radical (unpaired) electrons. The number of carbonyl (C=O) groups excluding carboxylic acids is 1. The van der Waals surface area contributed by atoms with Crippen molar-refractivity contribution in [3.63, 3.8) is 0 Å². The Morgan fingerprint density at radius 2 is 2.10 bits per heavy atom. The zero-order chi connectivity index (χ0) is 14.9. The molecule has 1 aromatic carbocycles. The predicted molar refractivity (Wildman–Crippen MR) is 83.4 cm³/mol. The van der Waals surface area contributed by atoms with Gasteiger partial charge >= 0.3 is 0 Å². The number of carbonyl (C=O) groups is 1. The largest absolute Gasteiger partial charge is 0.490 e. The number of anilines is 1. The SMILES string of the molecule is CC1CCC(CN)(C(=O)N2CCOc3ccccc32)CC1. The fourth-order valence-electron chi connectivity index (χ4n) is 3.49. The van der Waals surface area contributed by atoms with Crippen LogP contribution in [-0.4, -0.2) is 25.6 Å². The third-order valence-corrected chi connectivity index (χ3v) is 5.05. The van der Waals surface area contributed by atoms with E-state index in [2.05, 4.69) is 6.92 Å². The van der Waals surface area contributed by atoms with Gasteiger partial charge < -0.3 is 15.4 Å². The monoisotopic (exact) mass is 288 g/mol. The standard InChI is InChI=1S/C17H24N2O2/c1-13-6-8-17(12-18,9-7-13)16(20)19-10-11-21-15-5-3-2-4-14(15)19/h2-5,13H,6-12,18H2,1H3. The van der Waals surface area contributed by atoms with Gasteiger partial charge in [0.25, 0.3) is 0 Å². The number of fused-ring (bicyclic) bond motifs is 1. The first kappa shape index (κ1) is 14.4. The molecule has 1 saturated carbocycles. The van der Waals surface area contributed by atoms with E-state index >= 15 is 0 Å². The maximum atomic E-state index is 13.2. The molecule has 0 unspecified atom stereocenters. The average molecular weight is 288 g/mol. The third kappa shape index (κ3) is 2.53. The van der Waals surface area contributed by atoms with Crippen molar-refractivity contribution in [3.8, 4) is 5.75 Å². The topological polar surface area (TPSA) is 55.6 Å². The zero-order valence-electron chi connectivity index (χ0n) is 12.7. The summed E-state index contributed by atoms with van der Waals surface area (Å²) in [6, 6.07) is 7.77. The van der Waals surface area contributed by atoms with Gasteiger partial charge in [0.1, 0.15) is 12.4 Å². The molecule has 1 aliphatic carbocycles. The normalized spacial score (nSPS) is 28.7. The molecular weight excluding hydrogens is 264 g/mol. The van der Waals surface area contributed by atoms with Gasteiger partial charge in [0, 0.05) is 6.54 Å². The molecular formula is C17H24N2O2. The van der Waals surface area contributed by atoms with Crippen LogP contribution < -0.4 is 15.4 Å². The highest BCUT2D eigenvalue weighted by Gasteiger charge is 2.43. The lowest BCUT2D eigenvalue weighted by atomic mass is 9.70. The number of nitrogens with zero attached hydrogens (tertiary/aromatic N) is 1. The van der Waals surface area contributed by atoms with Crippen LogP contribution in [0.25, 0.3) is 0 Å². The van der Waals surface area contributed by atoms with Crippen molar-refractivity contribution in [3.05, 3.63) is 24.3 Å². The number of nitrogens with two attached hydrogens (primary N) is 1. The lowest BCUT2D eigenvalue weighted by Gasteiger charge is -2.42. The molecule has 0 atom stereocenters. The summed E-state index contributed by atoms with van der Waals surface area (Å²) in [5.41, 5.74) is 6.54. The van der Waals surface area contributed by atoms with E-state index in [1.54, 1.807) is 0 Å². The average Bonchev–Trinajstić information content (AvgIpc) is 2.55. The summed E-state index contributed by atoms with van der Waals surface area (Å²) < 4.78 is 5.65. The van der Waals surface area contributed by atoms with Crippen molar-refractivity contribution in [2.24, 2.45) is 17.1 Å². The molecule has 4 heteroatoms. The molecule has 1 aliphatic heterocycles. The van der Waals surface area contributed by atoms with Gasteiger partial charge in [-0.1, -0.05) is 19.1 Å². The number of amides is 1. The van der Waals surface area contributed by atoms with Crippen LogP contribution in [0.1, 0.15) is 32.6 Å². The second-order valence-corrected chi connectivity index (χ2v) is 6.44. The van der Waals surface area contributed by atoms with Gasteiger partial charge in [-0.05, 0) is 43.7 Å². The van der Waals surface area contributed by atoms with E-state index in [0.29, 0.717) is 25.6 Å². The Morgan fingerprint density at radius 3 is 2.81 bits per heavy atom. The highest BCUT2D eigenvalue weighted by Crippen LogP contribution is 2.42. The smallest absolute Gasteiger partial charge is 0.234 e. The Bertz CT molecular complexity index is 521. The quantitative estimate of drug-likeness (QED) is 0.910. The van der Waals surface area contributed by atoms with Gasteiger partial charge in [0.05, 0.1) is 17.6 Å². The minimum atomic E-state index is -0.378. The van der Waals surface area contributed by atoms with Crippen LogP contribution in [0.2, 0.25) is 0 Å². The summed E-state index contributed by atoms with van der Waals surface area (Å²) in [6.07, 6.45) is 4.00. The van der Waals surface area contributed by atoms with Gasteiger partial charge in [-0.25, -0.2) is 0 Å². The number of rotatable bonds is 2. The molecule has 21 heavy (non-hydrogen) atoms. The molecule has 1 heterocycles. The molecule has 0 spiro atoms. The van der Waals surface area contributed by atoms with Crippen LogP contribution in [0.15, 0.2) is 24.3 Å². The second-order valence-electron chi connectivity index (χ2n) is 6.44. The lowest BCUT2D eigenvalue weighted by Crippen LogP contribution is -2.52. The summed E-state index contributed by atoms with van der Waals surface area (Å²) in [7, 11) is 0. The molecule has 1 amide bonds. The molecule has 0 aromatic heterocycles. The number of ether oxygens (including phenoxy) is 1. The maximum absolute atomic E-state index is 13.2. The van der Waals surface area contributed by atoms with E-state index in [-0.39, 0.29) is 11.3 Å². The van der Waals surface area contributed by atoms with Gasteiger partial charge in [0.15, 0.2) is 0 Å². The first-order chi connectivity index (χ1) is 10.2. The minimum absolute atomic E-state index is 0.188. The van der Waals surface area contributed by atoms with E-state index in [1.165, 1.54) is 0 Å². The minimum Gasteiger partial charge on any atom is -0.490 e. The first-order valence-corrected chi connectivity index (χ1v) is 7.90. The van der Waals surface area contributed by atoms with Crippen LogP contribution in [-0.2, 0) is 4.79 Å². The van der Waals surface area contributed by atoms with Crippen LogP contribution >= 0.6 is 0 Å². The fourth-order valence-corrected chi connectivity index (χ4v) is 3.49. The number of benzene rings is 1. The maximum Gasteiger partial charge on any atom is 0.234 e. The molecule has 1 fully saturated rings. The van der Waals surface area contributed by atoms with Crippen molar-refractivity contribution in [2.75, 3.05) is 24.6 Å². The Morgan fingerprint density at radius 1 is 1.38 bits per heavy atom. The van der Waals surface area contributed by atoms with Crippen LogP contribution in [0.4, 0.5) is 5.69 Å². The molecule has 4 nitrogen and oxygen atoms in total.